The number of amides is 1. The van der Waals surface area contributed by atoms with E-state index in [0.717, 1.165) is 16.9 Å². The van der Waals surface area contributed by atoms with Crippen LogP contribution in [-0.4, -0.2) is 43.7 Å². The maximum atomic E-state index is 13.3. The third kappa shape index (κ3) is 4.40. The lowest BCUT2D eigenvalue weighted by Crippen LogP contribution is -2.46. The van der Waals surface area contributed by atoms with E-state index in [1.807, 2.05) is 54.3 Å². The molecule has 2 atom stereocenters. The van der Waals surface area contributed by atoms with Gasteiger partial charge in [-0.3, -0.25) is 4.79 Å². The van der Waals surface area contributed by atoms with E-state index < -0.39 is 0 Å². The summed E-state index contributed by atoms with van der Waals surface area (Å²) in [4.78, 5) is 15.2. The first-order valence-electron chi connectivity index (χ1n) is 8.75. The summed E-state index contributed by atoms with van der Waals surface area (Å²) in [5, 5.41) is 0. The highest BCUT2D eigenvalue weighted by Crippen LogP contribution is 2.27. The van der Waals surface area contributed by atoms with Crippen molar-refractivity contribution in [3.05, 3.63) is 65.7 Å². The number of benzene rings is 2. The molecule has 0 aromatic heterocycles. The van der Waals surface area contributed by atoms with Gasteiger partial charge in [0.1, 0.15) is 5.75 Å². The lowest BCUT2D eigenvalue weighted by Gasteiger charge is -2.34. The van der Waals surface area contributed by atoms with Crippen molar-refractivity contribution in [2.24, 2.45) is 0 Å². The Bertz CT molecular complexity index is 701. The van der Waals surface area contributed by atoms with Gasteiger partial charge in [0.05, 0.1) is 25.7 Å². The number of rotatable bonds is 5. The molecule has 4 nitrogen and oxygen atoms in total. The van der Waals surface area contributed by atoms with E-state index in [1.165, 1.54) is 0 Å². The van der Waals surface area contributed by atoms with Crippen LogP contribution in [0.4, 0.5) is 0 Å². The topological polar surface area (TPSA) is 38.8 Å². The van der Waals surface area contributed by atoms with Crippen molar-refractivity contribution in [3.63, 3.8) is 0 Å². The van der Waals surface area contributed by atoms with Gasteiger partial charge in [-0.2, -0.15) is 0 Å². The minimum absolute atomic E-state index is 0.0837. The predicted octanol–water partition coefficient (Wildman–Crippen LogP) is 3.27. The van der Waals surface area contributed by atoms with Crippen LogP contribution in [0, 0.1) is 0 Å². The number of hydrogen-bond acceptors (Lipinski definition) is 3. The van der Waals surface area contributed by atoms with E-state index in [2.05, 4.69) is 12.1 Å². The molecule has 0 spiro atoms. The lowest BCUT2D eigenvalue weighted by atomic mass is 9.90. The van der Waals surface area contributed by atoms with Gasteiger partial charge >= 0.3 is 0 Å². The summed E-state index contributed by atoms with van der Waals surface area (Å²) >= 11 is 0. The molecule has 0 bridgehead atoms. The van der Waals surface area contributed by atoms with E-state index in [4.69, 9.17) is 9.47 Å². The molecule has 25 heavy (non-hydrogen) atoms. The molecule has 3 rings (SSSR count). The largest absolute Gasteiger partial charge is 0.497 e. The van der Waals surface area contributed by atoms with Gasteiger partial charge in [0.2, 0.25) is 5.91 Å². The Morgan fingerprint density at radius 1 is 1.24 bits per heavy atom. The van der Waals surface area contributed by atoms with Crippen molar-refractivity contribution in [1.82, 2.24) is 4.90 Å². The lowest BCUT2D eigenvalue weighted by molar-refractivity contribution is -0.139. The van der Waals surface area contributed by atoms with Crippen LogP contribution in [0.5, 0.6) is 5.75 Å². The van der Waals surface area contributed by atoms with Crippen molar-refractivity contribution < 1.29 is 14.3 Å². The third-order valence-electron chi connectivity index (χ3n) is 4.63. The zero-order chi connectivity index (χ0) is 17.6. The van der Waals surface area contributed by atoms with Crippen molar-refractivity contribution >= 4 is 5.91 Å². The third-order valence-corrected chi connectivity index (χ3v) is 4.63. The second-order valence-electron chi connectivity index (χ2n) is 6.48. The smallest absolute Gasteiger partial charge is 0.230 e. The van der Waals surface area contributed by atoms with Crippen LogP contribution in [0.25, 0.3) is 0 Å². The maximum Gasteiger partial charge on any atom is 0.230 e. The van der Waals surface area contributed by atoms with Crippen LogP contribution in [0.15, 0.2) is 54.6 Å². The van der Waals surface area contributed by atoms with Gasteiger partial charge in [0.25, 0.3) is 0 Å². The van der Waals surface area contributed by atoms with Crippen LogP contribution >= 0.6 is 0 Å². The van der Waals surface area contributed by atoms with Gasteiger partial charge in [-0.05, 0) is 36.6 Å². The van der Waals surface area contributed by atoms with Gasteiger partial charge in [-0.1, -0.05) is 42.5 Å². The van der Waals surface area contributed by atoms with E-state index in [9.17, 15) is 4.79 Å². The zero-order valence-electron chi connectivity index (χ0n) is 14.9. The Labute approximate surface area is 149 Å². The molecule has 2 aromatic carbocycles. The fourth-order valence-electron chi connectivity index (χ4n) is 3.29. The summed E-state index contributed by atoms with van der Waals surface area (Å²) in [6, 6.07) is 18.0. The minimum Gasteiger partial charge on any atom is -0.497 e. The molecule has 1 amide bonds. The van der Waals surface area contributed by atoms with Gasteiger partial charge < -0.3 is 14.4 Å². The predicted molar refractivity (Wildman–Crippen MR) is 97.9 cm³/mol. The first-order valence-corrected chi connectivity index (χ1v) is 8.75. The standard InChI is InChI=1S/C21H25NO3/c1-16-15-22(11-12-25-16)21(23)20(13-17-7-4-3-5-8-17)18-9-6-10-19(14-18)24-2/h3-10,14,16,20H,11-13,15H2,1-2H3. The van der Waals surface area contributed by atoms with Gasteiger partial charge in [-0.25, -0.2) is 0 Å². The van der Waals surface area contributed by atoms with Crippen molar-refractivity contribution in [1.29, 1.82) is 0 Å². The summed E-state index contributed by atoms with van der Waals surface area (Å²) in [7, 11) is 1.65. The van der Waals surface area contributed by atoms with Crippen LogP contribution < -0.4 is 4.74 Å². The Hall–Kier alpha value is -2.33. The summed E-state index contributed by atoms with van der Waals surface area (Å²) < 4.78 is 10.9. The molecule has 0 saturated carbocycles. The second-order valence-corrected chi connectivity index (χ2v) is 6.48. The maximum absolute atomic E-state index is 13.3. The van der Waals surface area contributed by atoms with E-state index in [1.54, 1.807) is 7.11 Å². The zero-order valence-corrected chi connectivity index (χ0v) is 14.9. The molecule has 1 saturated heterocycles. The van der Waals surface area contributed by atoms with Crippen molar-refractivity contribution in [3.8, 4) is 5.75 Å². The molecule has 1 aliphatic rings. The Balaban J connectivity index is 1.89. The Morgan fingerprint density at radius 3 is 2.76 bits per heavy atom. The number of methoxy groups -OCH3 is 1. The quantitative estimate of drug-likeness (QED) is 0.839. The number of hydrogen-bond donors (Lipinski definition) is 0. The monoisotopic (exact) mass is 339 g/mol. The van der Waals surface area contributed by atoms with E-state index >= 15 is 0 Å². The van der Waals surface area contributed by atoms with Crippen LogP contribution in [0.3, 0.4) is 0 Å². The summed E-state index contributed by atoms with van der Waals surface area (Å²) in [5.41, 5.74) is 2.15. The number of morpholine rings is 1. The summed E-state index contributed by atoms with van der Waals surface area (Å²) in [6.45, 7) is 3.91. The minimum atomic E-state index is -0.220. The molecule has 0 aliphatic carbocycles. The van der Waals surface area contributed by atoms with Crippen LogP contribution in [0.1, 0.15) is 24.0 Å². The molecular weight excluding hydrogens is 314 g/mol. The first-order chi connectivity index (χ1) is 12.2. The molecule has 0 radical (unpaired) electrons. The molecule has 4 heteroatoms. The summed E-state index contributed by atoms with van der Waals surface area (Å²) in [6.07, 6.45) is 0.763. The highest BCUT2D eigenvalue weighted by molar-refractivity contribution is 5.84. The molecule has 2 aromatic rings. The SMILES string of the molecule is COc1cccc(C(Cc2ccccc2)C(=O)N2CCOC(C)C2)c1. The second kappa shape index (κ2) is 8.17. The molecule has 1 aliphatic heterocycles. The Morgan fingerprint density at radius 2 is 2.04 bits per heavy atom. The molecule has 132 valence electrons. The van der Waals surface area contributed by atoms with E-state index in [0.29, 0.717) is 26.1 Å². The van der Waals surface area contributed by atoms with Gasteiger partial charge in [-0.15, -0.1) is 0 Å². The number of carbonyl (C=O) groups is 1. The highest BCUT2D eigenvalue weighted by Gasteiger charge is 2.29. The molecule has 0 N–H and O–H groups in total. The molecule has 1 heterocycles. The average molecular weight is 339 g/mol. The fraction of sp³-hybridized carbons (Fsp3) is 0.381. The van der Waals surface area contributed by atoms with Gasteiger partial charge in [0, 0.05) is 13.1 Å². The highest BCUT2D eigenvalue weighted by atomic mass is 16.5. The first kappa shape index (κ1) is 17.5. The number of nitrogens with zero attached hydrogens (tertiary/aromatic N) is 1. The molecule has 1 fully saturated rings. The van der Waals surface area contributed by atoms with Gasteiger partial charge in [0.15, 0.2) is 0 Å². The summed E-state index contributed by atoms with van der Waals surface area (Å²) in [5.74, 6) is 0.716. The van der Waals surface area contributed by atoms with Crippen LogP contribution in [-0.2, 0) is 16.0 Å². The molecule has 2 unspecified atom stereocenters. The van der Waals surface area contributed by atoms with Crippen molar-refractivity contribution in [2.75, 3.05) is 26.8 Å². The van der Waals surface area contributed by atoms with Crippen LogP contribution in [0.2, 0.25) is 0 Å². The van der Waals surface area contributed by atoms with Crippen molar-refractivity contribution in [2.45, 2.75) is 25.4 Å². The average Bonchev–Trinajstić information content (AvgIpc) is 2.66. The van der Waals surface area contributed by atoms with E-state index in [-0.39, 0.29) is 17.9 Å². The molecular formula is C21H25NO3. The number of carbonyl (C=O) groups excluding carboxylic acids is 1. The normalized spacial score (nSPS) is 18.6. The fourth-order valence-corrected chi connectivity index (χ4v) is 3.29. The number of ether oxygens (including phenoxy) is 2. The Kier molecular flexibility index (Phi) is 5.71.